The molecule has 1 aliphatic rings. The summed E-state index contributed by atoms with van der Waals surface area (Å²) in [5, 5.41) is 17.6. The molecule has 3 heteroatoms. The van der Waals surface area contributed by atoms with Crippen molar-refractivity contribution < 1.29 is 4.79 Å². The van der Waals surface area contributed by atoms with Gasteiger partial charge in [0.25, 0.3) is 0 Å². The first-order valence-electron chi connectivity index (χ1n) is 4.78. The Morgan fingerprint density at radius 3 is 2.60 bits per heavy atom. The Morgan fingerprint density at radius 1 is 1.53 bits per heavy atom. The van der Waals surface area contributed by atoms with Gasteiger partial charge in [0, 0.05) is 6.42 Å². The molecule has 1 fully saturated rings. The summed E-state index contributed by atoms with van der Waals surface area (Å²) < 4.78 is 0. The number of rotatable bonds is 2. The number of hydrogen-bond acceptors (Lipinski definition) is 3. The van der Waals surface area contributed by atoms with Crippen LogP contribution in [0, 0.1) is 28.1 Å². The van der Waals surface area contributed by atoms with Gasteiger partial charge in [0.05, 0.1) is 5.41 Å². The van der Waals surface area contributed by atoms with Crippen molar-refractivity contribution in [3.05, 3.63) is 23.8 Å². The van der Waals surface area contributed by atoms with Crippen molar-refractivity contribution >= 4 is 5.78 Å². The average Bonchev–Trinajstić information content (AvgIpc) is 2.49. The molecule has 0 heterocycles. The lowest BCUT2D eigenvalue weighted by Gasteiger charge is -2.22. The number of ketones is 1. The summed E-state index contributed by atoms with van der Waals surface area (Å²) in [6.07, 6.45) is 3.11. The highest BCUT2D eigenvalue weighted by Gasteiger charge is 2.42. The molecule has 0 radical (unpaired) electrons. The third kappa shape index (κ3) is 1.69. The lowest BCUT2D eigenvalue weighted by atomic mass is 9.78. The highest BCUT2D eigenvalue weighted by Crippen LogP contribution is 2.44. The van der Waals surface area contributed by atoms with Crippen LogP contribution in [-0.2, 0) is 4.79 Å². The van der Waals surface area contributed by atoms with Crippen LogP contribution in [0.1, 0.15) is 26.2 Å². The summed E-state index contributed by atoms with van der Waals surface area (Å²) >= 11 is 0. The summed E-state index contributed by atoms with van der Waals surface area (Å²) in [5.41, 5.74) is 0.0883. The Kier molecular flexibility index (Phi) is 3.07. The second-order valence-corrected chi connectivity index (χ2v) is 3.83. The number of carbonyl (C=O) groups is 1. The average molecular weight is 200 g/mol. The van der Waals surface area contributed by atoms with E-state index in [1.54, 1.807) is 13.0 Å². The largest absolute Gasteiger partial charge is 0.299 e. The van der Waals surface area contributed by atoms with E-state index in [0.29, 0.717) is 24.8 Å². The highest BCUT2D eigenvalue weighted by molar-refractivity contribution is 5.91. The summed E-state index contributed by atoms with van der Waals surface area (Å²) in [6.45, 7) is 5.39. The SMILES string of the molecule is C=CCC1(C)C(=O)CCC1=C(C#N)C#N. The lowest BCUT2D eigenvalue weighted by Crippen LogP contribution is -2.23. The third-order valence-corrected chi connectivity index (χ3v) is 2.96. The molecule has 1 saturated carbocycles. The molecule has 1 aliphatic carbocycles. The Balaban J connectivity index is 3.29. The van der Waals surface area contributed by atoms with Crippen LogP contribution in [0.3, 0.4) is 0 Å². The zero-order chi connectivity index (χ0) is 11.5. The predicted octanol–water partition coefficient (Wildman–Crippen LogP) is 2.28. The molecule has 0 amide bonds. The number of nitrogens with zero attached hydrogens (tertiary/aromatic N) is 2. The second-order valence-electron chi connectivity index (χ2n) is 3.83. The van der Waals surface area contributed by atoms with E-state index in [2.05, 4.69) is 6.58 Å². The summed E-state index contributed by atoms with van der Waals surface area (Å²) in [7, 11) is 0. The van der Waals surface area contributed by atoms with Crippen molar-refractivity contribution in [3.63, 3.8) is 0 Å². The van der Waals surface area contributed by atoms with Gasteiger partial charge in [0.2, 0.25) is 0 Å². The van der Waals surface area contributed by atoms with Crippen molar-refractivity contribution in [1.82, 2.24) is 0 Å². The topological polar surface area (TPSA) is 64.7 Å². The van der Waals surface area contributed by atoms with Crippen LogP contribution in [0.25, 0.3) is 0 Å². The van der Waals surface area contributed by atoms with E-state index in [4.69, 9.17) is 10.5 Å². The Morgan fingerprint density at radius 2 is 2.13 bits per heavy atom. The molecule has 0 aromatic carbocycles. The van der Waals surface area contributed by atoms with Crippen LogP contribution in [0.15, 0.2) is 23.8 Å². The van der Waals surface area contributed by atoms with Crippen LogP contribution < -0.4 is 0 Å². The van der Waals surface area contributed by atoms with Crippen molar-refractivity contribution in [1.29, 1.82) is 10.5 Å². The van der Waals surface area contributed by atoms with E-state index >= 15 is 0 Å². The van der Waals surface area contributed by atoms with Gasteiger partial charge in [-0.2, -0.15) is 10.5 Å². The number of allylic oxidation sites excluding steroid dienone is 3. The first kappa shape index (κ1) is 11.2. The normalized spacial score (nSPS) is 24.5. The maximum atomic E-state index is 11.7. The molecule has 0 spiro atoms. The standard InChI is InChI=1S/C12H12N2O/c1-3-6-12(2)10(4-5-11(12)15)9(7-13)8-14/h3H,1,4-6H2,2H3. The number of nitriles is 2. The van der Waals surface area contributed by atoms with Crippen molar-refractivity contribution in [3.8, 4) is 12.1 Å². The lowest BCUT2D eigenvalue weighted by molar-refractivity contribution is -0.123. The molecule has 0 aromatic heterocycles. The molecular formula is C12H12N2O. The zero-order valence-corrected chi connectivity index (χ0v) is 8.71. The van der Waals surface area contributed by atoms with Gasteiger partial charge >= 0.3 is 0 Å². The summed E-state index contributed by atoms with van der Waals surface area (Å²) in [6, 6.07) is 3.72. The first-order valence-corrected chi connectivity index (χ1v) is 4.78. The quantitative estimate of drug-likeness (QED) is 0.507. The van der Waals surface area contributed by atoms with E-state index in [-0.39, 0.29) is 11.4 Å². The molecule has 0 N–H and O–H groups in total. The first-order chi connectivity index (χ1) is 7.10. The van der Waals surface area contributed by atoms with Gasteiger partial charge in [-0.05, 0) is 25.3 Å². The monoisotopic (exact) mass is 200 g/mol. The maximum Gasteiger partial charge on any atom is 0.143 e. The van der Waals surface area contributed by atoms with E-state index in [1.165, 1.54) is 0 Å². The second kappa shape index (κ2) is 4.11. The van der Waals surface area contributed by atoms with Crippen LogP contribution in [-0.4, -0.2) is 5.78 Å². The molecule has 3 nitrogen and oxygen atoms in total. The van der Waals surface area contributed by atoms with Gasteiger partial charge in [-0.1, -0.05) is 6.08 Å². The van der Waals surface area contributed by atoms with Gasteiger partial charge in [-0.15, -0.1) is 6.58 Å². The molecule has 0 saturated heterocycles. The van der Waals surface area contributed by atoms with Crippen LogP contribution in [0.2, 0.25) is 0 Å². The predicted molar refractivity (Wildman–Crippen MR) is 55.4 cm³/mol. The summed E-state index contributed by atoms with van der Waals surface area (Å²) in [4.78, 5) is 11.7. The van der Waals surface area contributed by atoms with E-state index in [9.17, 15) is 4.79 Å². The van der Waals surface area contributed by atoms with E-state index in [1.807, 2.05) is 12.1 Å². The van der Waals surface area contributed by atoms with E-state index in [0.717, 1.165) is 0 Å². The third-order valence-electron chi connectivity index (χ3n) is 2.96. The minimum Gasteiger partial charge on any atom is -0.299 e. The van der Waals surface area contributed by atoms with Crippen molar-refractivity contribution in [2.24, 2.45) is 5.41 Å². The number of carbonyl (C=O) groups excluding carboxylic acids is 1. The Labute approximate surface area is 89.3 Å². The highest BCUT2D eigenvalue weighted by atomic mass is 16.1. The fraction of sp³-hybridized carbons (Fsp3) is 0.417. The maximum absolute atomic E-state index is 11.7. The van der Waals surface area contributed by atoms with Gasteiger partial charge in [0.1, 0.15) is 23.5 Å². The van der Waals surface area contributed by atoms with Crippen LogP contribution >= 0.6 is 0 Å². The van der Waals surface area contributed by atoms with Gasteiger partial charge in [-0.3, -0.25) is 4.79 Å². The molecule has 0 aromatic rings. The molecule has 15 heavy (non-hydrogen) atoms. The minimum atomic E-state index is -0.678. The molecule has 1 unspecified atom stereocenters. The molecule has 0 bridgehead atoms. The van der Waals surface area contributed by atoms with Crippen LogP contribution in [0.5, 0.6) is 0 Å². The van der Waals surface area contributed by atoms with Crippen molar-refractivity contribution in [2.45, 2.75) is 26.2 Å². The fourth-order valence-corrected chi connectivity index (χ4v) is 2.05. The van der Waals surface area contributed by atoms with Crippen molar-refractivity contribution in [2.75, 3.05) is 0 Å². The molecular weight excluding hydrogens is 188 g/mol. The fourth-order valence-electron chi connectivity index (χ4n) is 2.05. The number of Topliss-reactive ketones (excluding diaryl/α,β-unsaturated/α-hetero) is 1. The Hall–Kier alpha value is -1.87. The van der Waals surface area contributed by atoms with E-state index < -0.39 is 5.41 Å². The number of hydrogen-bond donors (Lipinski definition) is 0. The smallest absolute Gasteiger partial charge is 0.143 e. The van der Waals surface area contributed by atoms with Gasteiger partial charge < -0.3 is 0 Å². The van der Waals surface area contributed by atoms with Crippen LogP contribution in [0.4, 0.5) is 0 Å². The summed E-state index contributed by atoms with van der Waals surface area (Å²) in [5.74, 6) is 0.0976. The Bertz CT molecular complexity index is 404. The minimum absolute atomic E-state index is 0.0881. The molecule has 0 aliphatic heterocycles. The molecule has 1 atom stereocenters. The van der Waals surface area contributed by atoms with Gasteiger partial charge in [-0.25, -0.2) is 0 Å². The van der Waals surface area contributed by atoms with Gasteiger partial charge in [0.15, 0.2) is 0 Å². The molecule has 76 valence electrons. The molecule has 1 rings (SSSR count). The zero-order valence-electron chi connectivity index (χ0n) is 8.71.